The molecule has 1 amide bonds. The summed E-state index contributed by atoms with van der Waals surface area (Å²) in [7, 11) is -3.05. The molecule has 6 heteroatoms. The third kappa shape index (κ3) is 2.75. The van der Waals surface area contributed by atoms with Gasteiger partial charge in [-0.3, -0.25) is 9.59 Å². The summed E-state index contributed by atoms with van der Waals surface area (Å²) in [6.07, 6.45) is 0.336. The number of benzene rings is 1. The van der Waals surface area contributed by atoms with Gasteiger partial charge in [0.05, 0.1) is 17.0 Å². The van der Waals surface area contributed by atoms with Crippen LogP contribution < -0.4 is 4.90 Å². The lowest BCUT2D eigenvalue weighted by molar-refractivity contribution is -0.114. The SMILES string of the molecule is CCS(=O)(=O)CCCN1C(=O)C(=O)c2cc(C)ccc21. The predicted octanol–water partition coefficient (Wildman–Crippen LogP) is 1.35. The minimum absolute atomic E-state index is 0.0304. The molecule has 0 atom stereocenters. The van der Waals surface area contributed by atoms with E-state index in [4.69, 9.17) is 0 Å². The van der Waals surface area contributed by atoms with Crippen molar-refractivity contribution in [2.45, 2.75) is 20.3 Å². The van der Waals surface area contributed by atoms with Crippen molar-refractivity contribution in [1.29, 1.82) is 0 Å². The summed E-state index contributed by atoms with van der Waals surface area (Å²) in [6, 6.07) is 5.26. The standard InChI is InChI=1S/C14H17NO4S/c1-3-20(18,19)8-4-7-15-12-6-5-10(2)9-11(12)13(16)14(15)17/h5-6,9H,3-4,7-8H2,1-2H3. The number of hydrogen-bond donors (Lipinski definition) is 0. The van der Waals surface area contributed by atoms with E-state index in [2.05, 4.69) is 0 Å². The van der Waals surface area contributed by atoms with Crippen molar-refractivity contribution in [3.8, 4) is 0 Å². The Morgan fingerprint density at radius 1 is 1.20 bits per heavy atom. The van der Waals surface area contributed by atoms with Gasteiger partial charge in [0, 0.05) is 12.3 Å². The Kier molecular flexibility index (Phi) is 3.94. The van der Waals surface area contributed by atoms with Crippen molar-refractivity contribution >= 4 is 27.2 Å². The number of nitrogens with zero attached hydrogens (tertiary/aromatic N) is 1. The molecule has 1 aliphatic rings. The number of rotatable bonds is 5. The van der Waals surface area contributed by atoms with Crippen LogP contribution in [-0.2, 0) is 14.6 Å². The van der Waals surface area contributed by atoms with Gasteiger partial charge in [-0.1, -0.05) is 18.6 Å². The highest BCUT2D eigenvalue weighted by Crippen LogP contribution is 2.29. The van der Waals surface area contributed by atoms with Crippen molar-refractivity contribution in [3.63, 3.8) is 0 Å². The summed E-state index contributed by atoms with van der Waals surface area (Å²) < 4.78 is 22.9. The largest absolute Gasteiger partial charge is 0.305 e. The number of ketones is 1. The monoisotopic (exact) mass is 295 g/mol. The molecule has 5 nitrogen and oxygen atoms in total. The van der Waals surface area contributed by atoms with E-state index >= 15 is 0 Å². The van der Waals surface area contributed by atoms with Gasteiger partial charge in [0.15, 0.2) is 0 Å². The fourth-order valence-electron chi connectivity index (χ4n) is 2.22. The molecule has 1 aromatic rings. The number of aryl methyl sites for hydroxylation is 1. The topological polar surface area (TPSA) is 71.5 Å². The van der Waals surface area contributed by atoms with Crippen LogP contribution in [0.5, 0.6) is 0 Å². The molecule has 0 N–H and O–H groups in total. The van der Waals surface area contributed by atoms with Crippen LogP contribution in [0.15, 0.2) is 18.2 Å². The van der Waals surface area contributed by atoms with Gasteiger partial charge in [0.2, 0.25) is 0 Å². The second-order valence-corrected chi connectivity index (χ2v) is 7.37. The summed E-state index contributed by atoms with van der Waals surface area (Å²) >= 11 is 0. The van der Waals surface area contributed by atoms with Crippen molar-refractivity contribution < 1.29 is 18.0 Å². The molecule has 0 bridgehead atoms. The van der Waals surface area contributed by atoms with Crippen LogP contribution in [0.3, 0.4) is 0 Å². The Morgan fingerprint density at radius 2 is 1.90 bits per heavy atom. The number of amides is 1. The van der Waals surface area contributed by atoms with E-state index in [0.717, 1.165) is 5.56 Å². The van der Waals surface area contributed by atoms with Gasteiger partial charge in [-0.25, -0.2) is 8.42 Å². The normalized spacial score (nSPS) is 14.8. The van der Waals surface area contributed by atoms with Gasteiger partial charge in [-0.05, 0) is 25.5 Å². The molecule has 108 valence electrons. The lowest BCUT2D eigenvalue weighted by Crippen LogP contribution is -2.31. The Labute approximate surface area is 118 Å². The number of carbonyl (C=O) groups is 2. The van der Waals surface area contributed by atoms with E-state index in [1.54, 1.807) is 19.1 Å². The molecule has 1 aliphatic heterocycles. The first-order valence-electron chi connectivity index (χ1n) is 6.53. The van der Waals surface area contributed by atoms with Crippen LogP contribution in [0.4, 0.5) is 5.69 Å². The summed E-state index contributed by atoms with van der Waals surface area (Å²) in [5.41, 5.74) is 1.91. The molecular formula is C14H17NO4S. The zero-order valence-corrected chi connectivity index (χ0v) is 12.4. The first-order chi connectivity index (χ1) is 9.35. The minimum Gasteiger partial charge on any atom is -0.305 e. The maximum Gasteiger partial charge on any atom is 0.299 e. The fraction of sp³-hybridized carbons (Fsp3) is 0.429. The van der Waals surface area contributed by atoms with Crippen molar-refractivity contribution in [2.75, 3.05) is 23.0 Å². The molecule has 0 fully saturated rings. The molecule has 0 radical (unpaired) electrons. The number of Topliss-reactive ketones (excluding diaryl/α,β-unsaturated/α-hetero) is 1. The molecule has 0 saturated heterocycles. The molecule has 0 aromatic heterocycles. The van der Waals surface area contributed by atoms with Gasteiger partial charge in [0.25, 0.3) is 11.7 Å². The minimum atomic E-state index is -3.05. The maximum absolute atomic E-state index is 11.9. The Hall–Kier alpha value is -1.69. The van der Waals surface area contributed by atoms with Crippen molar-refractivity contribution in [3.05, 3.63) is 29.3 Å². The van der Waals surface area contributed by atoms with E-state index in [1.165, 1.54) is 4.90 Å². The molecule has 1 heterocycles. The van der Waals surface area contributed by atoms with E-state index in [9.17, 15) is 18.0 Å². The molecule has 20 heavy (non-hydrogen) atoms. The number of sulfone groups is 1. The third-order valence-corrected chi connectivity index (χ3v) is 5.19. The average Bonchev–Trinajstić information content (AvgIpc) is 2.63. The van der Waals surface area contributed by atoms with Crippen LogP contribution in [0.25, 0.3) is 0 Å². The van der Waals surface area contributed by atoms with Gasteiger partial charge in [0.1, 0.15) is 9.84 Å². The van der Waals surface area contributed by atoms with E-state index in [0.29, 0.717) is 17.7 Å². The van der Waals surface area contributed by atoms with Crippen LogP contribution in [0.1, 0.15) is 29.3 Å². The first kappa shape index (κ1) is 14.7. The maximum atomic E-state index is 11.9. The van der Waals surface area contributed by atoms with E-state index < -0.39 is 21.5 Å². The number of anilines is 1. The lowest BCUT2D eigenvalue weighted by Gasteiger charge is -2.16. The zero-order chi connectivity index (χ0) is 14.9. The Balaban J connectivity index is 2.15. The highest BCUT2D eigenvalue weighted by molar-refractivity contribution is 7.91. The van der Waals surface area contributed by atoms with E-state index in [1.807, 2.05) is 13.0 Å². The van der Waals surface area contributed by atoms with Crippen molar-refractivity contribution in [1.82, 2.24) is 0 Å². The summed E-state index contributed by atoms with van der Waals surface area (Å²) in [5.74, 6) is -0.959. The Bertz CT molecular complexity index is 664. The fourth-order valence-corrected chi connectivity index (χ4v) is 3.08. The van der Waals surface area contributed by atoms with Crippen LogP contribution >= 0.6 is 0 Å². The van der Waals surface area contributed by atoms with Crippen molar-refractivity contribution in [2.24, 2.45) is 0 Å². The Morgan fingerprint density at radius 3 is 2.55 bits per heavy atom. The molecule has 0 spiro atoms. The highest BCUT2D eigenvalue weighted by Gasteiger charge is 2.35. The second kappa shape index (κ2) is 5.36. The van der Waals surface area contributed by atoms with Crippen LogP contribution in [-0.4, -0.2) is 38.2 Å². The number of fused-ring (bicyclic) bond motifs is 1. The molecule has 0 aliphatic carbocycles. The summed E-state index contributed by atoms with van der Waals surface area (Å²) in [6.45, 7) is 3.70. The molecule has 1 aromatic carbocycles. The zero-order valence-electron chi connectivity index (χ0n) is 11.5. The highest BCUT2D eigenvalue weighted by atomic mass is 32.2. The van der Waals surface area contributed by atoms with E-state index in [-0.39, 0.29) is 18.1 Å². The van der Waals surface area contributed by atoms with Gasteiger partial charge >= 0.3 is 0 Å². The smallest absolute Gasteiger partial charge is 0.299 e. The first-order valence-corrected chi connectivity index (χ1v) is 8.35. The number of hydrogen-bond acceptors (Lipinski definition) is 4. The molecule has 2 rings (SSSR count). The third-order valence-electron chi connectivity index (χ3n) is 3.40. The quantitative estimate of drug-likeness (QED) is 0.769. The number of carbonyl (C=O) groups excluding carboxylic acids is 2. The molecular weight excluding hydrogens is 278 g/mol. The molecule has 0 unspecified atom stereocenters. The van der Waals surface area contributed by atoms with Gasteiger partial charge in [-0.15, -0.1) is 0 Å². The molecule has 0 saturated carbocycles. The van der Waals surface area contributed by atoms with Gasteiger partial charge in [-0.2, -0.15) is 0 Å². The van der Waals surface area contributed by atoms with Crippen LogP contribution in [0, 0.1) is 6.92 Å². The van der Waals surface area contributed by atoms with Crippen LogP contribution in [0.2, 0.25) is 0 Å². The predicted molar refractivity (Wildman–Crippen MR) is 76.8 cm³/mol. The lowest BCUT2D eigenvalue weighted by atomic mass is 10.1. The summed E-state index contributed by atoms with van der Waals surface area (Å²) in [5, 5.41) is 0. The van der Waals surface area contributed by atoms with Gasteiger partial charge < -0.3 is 4.90 Å². The second-order valence-electron chi connectivity index (χ2n) is 4.90. The average molecular weight is 295 g/mol. The summed E-state index contributed by atoms with van der Waals surface area (Å²) in [4.78, 5) is 25.2.